The Morgan fingerprint density at radius 2 is 2.05 bits per heavy atom. The molecule has 1 heterocycles. The second-order valence-corrected chi connectivity index (χ2v) is 6.42. The fourth-order valence-corrected chi connectivity index (χ4v) is 2.88. The highest BCUT2D eigenvalue weighted by atomic mass is 79.9. The van der Waals surface area contributed by atoms with E-state index >= 15 is 0 Å². The van der Waals surface area contributed by atoms with Gasteiger partial charge in [0.05, 0.1) is 18.6 Å². The molecule has 0 spiro atoms. The zero-order chi connectivity index (χ0) is 15.8. The van der Waals surface area contributed by atoms with Gasteiger partial charge in [0.25, 0.3) is 0 Å². The van der Waals surface area contributed by atoms with Crippen LogP contribution in [-0.4, -0.2) is 22.8 Å². The number of hydrogen-bond donors (Lipinski definition) is 1. The summed E-state index contributed by atoms with van der Waals surface area (Å²) in [5.41, 5.74) is 1.03. The lowest BCUT2D eigenvalue weighted by molar-refractivity contribution is -0.259. The van der Waals surface area contributed by atoms with Crippen molar-refractivity contribution in [3.63, 3.8) is 0 Å². The minimum atomic E-state index is -0.732. The van der Waals surface area contributed by atoms with E-state index in [9.17, 15) is 4.79 Å². The lowest BCUT2D eigenvalue weighted by atomic mass is 10.1. The van der Waals surface area contributed by atoms with Crippen molar-refractivity contribution >= 4 is 40.0 Å². The molecule has 1 aromatic rings. The second-order valence-electron chi connectivity index (χ2n) is 4.85. The number of aliphatic carboxylic acids is 1. The Morgan fingerprint density at radius 3 is 2.82 bits per heavy atom. The van der Waals surface area contributed by atoms with Crippen LogP contribution in [0.1, 0.15) is 37.7 Å². The molecule has 120 valence electrons. The third-order valence-electron chi connectivity index (χ3n) is 3.05. The maximum Gasteiger partial charge on any atom is 0.303 e. The Balaban J connectivity index is 1.68. The number of rotatable bonds is 8. The van der Waals surface area contributed by atoms with Crippen molar-refractivity contribution in [2.75, 3.05) is 6.54 Å². The minimum absolute atomic E-state index is 0.241. The van der Waals surface area contributed by atoms with Gasteiger partial charge in [-0.15, -0.1) is 0 Å². The standard InChI is InChI=1S/C15H18BrNO4S/c16-13-8-5-4-7-12(13)11-15-20-17(21-22-15)10-6-2-1-3-9-14(18)19/h4-5,7-8,11H,1-3,6,9-10H2,(H,18,19). The van der Waals surface area contributed by atoms with Gasteiger partial charge in [0.2, 0.25) is 5.09 Å². The molecule has 0 radical (unpaired) electrons. The maximum atomic E-state index is 10.4. The average molecular weight is 388 g/mol. The average Bonchev–Trinajstić information content (AvgIpc) is 2.92. The Labute approximate surface area is 142 Å². The van der Waals surface area contributed by atoms with Crippen LogP contribution in [0.3, 0.4) is 0 Å². The zero-order valence-corrected chi connectivity index (χ0v) is 14.4. The number of unbranched alkanes of at least 4 members (excludes halogenated alkanes) is 3. The molecular formula is C15H18BrNO4S. The second kappa shape index (κ2) is 9.19. The van der Waals surface area contributed by atoms with Crippen molar-refractivity contribution in [2.24, 2.45) is 0 Å². The van der Waals surface area contributed by atoms with E-state index in [2.05, 4.69) is 15.9 Å². The highest BCUT2D eigenvalue weighted by Crippen LogP contribution is 2.32. The topological polar surface area (TPSA) is 59.0 Å². The van der Waals surface area contributed by atoms with Crippen molar-refractivity contribution < 1.29 is 19.0 Å². The van der Waals surface area contributed by atoms with Gasteiger partial charge in [-0.3, -0.25) is 4.79 Å². The third kappa shape index (κ3) is 6.00. The highest BCUT2D eigenvalue weighted by Gasteiger charge is 2.21. The summed E-state index contributed by atoms with van der Waals surface area (Å²) in [5.74, 6) is -0.732. The fraction of sp³-hybridized carbons (Fsp3) is 0.400. The first-order valence-electron chi connectivity index (χ1n) is 7.13. The van der Waals surface area contributed by atoms with Crippen LogP contribution in [0.2, 0.25) is 0 Å². The Bertz CT molecular complexity index is 538. The van der Waals surface area contributed by atoms with Gasteiger partial charge in [-0.05, 0) is 29.7 Å². The van der Waals surface area contributed by atoms with Gasteiger partial charge in [-0.25, -0.2) is 0 Å². The molecule has 1 aliphatic rings. The minimum Gasteiger partial charge on any atom is -0.481 e. The SMILES string of the molecule is O=C(O)CCCCCCN1OSC(=Cc2ccccc2Br)O1. The molecule has 0 saturated carbocycles. The number of hydroxylamine groups is 2. The number of hydrogen-bond acceptors (Lipinski definition) is 5. The molecule has 0 bridgehead atoms. The molecule has 0 amide bonds. The predicted molar refractivity (Wildman–Crippen MR) is 89.3 cm³/mol. The molecule has 22 heavy (non-hydrogen) atoms. The van der Waals surface area contributed by atoms with Gasteiger partial charge < -0.3 is 9.94 Å². The van der Waals surface area contributed by atoms with E-state index in [1.807, 2.05) is 30.3 Å². The largest absolute Gasteiger partial charge is 0.481 e. The Morgan fingerprint density at radius 1 is 1.27 bits per heavy atom. The molecule has 5 nitrogen and oxygen atoms in total. The summed E-state index contributed by atoms with van der Waals surface area (Å²) in [4.78, 5) is 16.0. The van der Waals surface area contributed by atoms with Crippen molar-refractivity contribution in [1.29, 1.82) is 0 Å². The number of benzene rings is 1. The smallest absolute Gasteiger partial charge is 0.303 e. The van der Waals surface area contributed by atoms with Crippen LogP contribution in [0, 0.1) is 0 Å². The van der Waals surface area contributed by atoms with Crippen molar-refractivity contribution in [3.05, 3.63) is 39.4 Å². The zero-order valence-electron chi connectivity index (χ0n) is 12.0. The number of carboxylic acid groups (broad SMARTS) is 1. The molecule has 0 aromatic heterocycles. The quantitative estimate of drug-likeness (QED) is 0.519. The predicted octanol–water partition coefficient (Wildman–Crippen LogP) is 4.61. The molecule has 7 heteroatoms. The summed E-state index contributed by atoms with van der Waals surface area (Å²) in [6.45, 7) is 0.660. The number of halogens is 1. The van der Waals surface area contributed by atoms with E-state index < -0.39 is 5.97 Å². The van der Waals surface area contributed by atoms with Gasteiger partial charge >= 0.3 is 5.97 Å². The molecule has 2 rings (SSSR count). The molecule has 1 aliphatic heterocycles. The van der Waals surface area contributed by atoms with E-state index in [0.717, 1.165) is 35.7 Å². The summed E-state index contributed by atoms with van der Waals surface area (Å²) in [6.07, 6.45) is 5.66. The lowest BCUT2D eigenvalue weighted by Crippen LogP contribution is -2.16. The molecule has 0 unspecified atom stereocenters. The normalized spacial score (nSPS) is 16.9. The molecular weight excluding hydrogens is 370 g/mol. The van der Waals surface area contributed by atoms with E-state index in [-0.39, 0.29) is 6.42 Å². The fourth-order valence-electron chi connectivity index (χ4n) is 1.93. The van der Waals surface area contributed by atoms with Gasteiger partial charge in [-0.1, -0.05) is 47.0 Å². The van der Waals surface area contributed by atoms with Gasteiger partial charge in [0.1, 0.15) is 0 Å². The molecule has 0 aliphatic carbocycles. The van der Waals surface area contributed by atoms with Gasteiger partial charge in [0.15, 0.2) is 0 Å². The van der Waals surface area contributed by atoms with E-state index in [4.69, 9.17) is 14.2 Å². The molecule has 1 aromatic carbocycles. The lowest BCUT2D eigenvalue weighted by Gasteiger charge is -2.10. The van der Waals surface area contributed by atoms with Crippen LogP contribution in [0.4, 0.5) is 0 Å². The van der Waals surface area contributed by atoms with Crippen molar-refractivity contribution in [2.45, 2.75) is 32.1 Å². The first-order chi connectivity index (χ1) is 10.6. The highest BCUT2D eigenvalue weighted by molar-refractivity contribution is 9.10. The van der Waals surface area contributed by atoms with Crippen LogP contribution in [0.5, 0.6) is 0 Å². The number of nitrogens with zero attached hydrogens (tertiary/aromatic N) is 1. The van der Waals surface area contributed by atoms with Gasteiger partial charge in [0, 0.05) is 17.0 Å². The summed E-state index contributed by atoms with van der Waals surface area (Å²) in [6, 6.07) is 7.89. The van der Waals surface area contributed by atoms with Crippen LogP contribution in [0.25, 0.3) is 6.08 Å². The summed E-state index contributed by atoms with van der Waals surface area (Å²) in [7, 11) is 0. The maximum absolute atomic E-state index is 10.4. The molecule has 0 atom stereocenters. The first-order valence-corrected chi connectivity index (χ1v) is 8.67. The van der Waals surface area contributed by atoms with Crippen LogP contribution in [0.15, 0.2) is 33.8 Å². The monoisotopic (exact) mass is 387 g/mol. The van der Waals surface area contributed by atoms with Crippen LogP contribution < -0.4 is 0 Å². The Hall–Kier alpha value is -1.02. The van der Waals surface area contributed by atoms with E-state index in [1.54, 1.807) is 0 Å². The van der Waals surface area contributed by atoms with Crippen LogP contribution >= 0.6 is 28.0 Å². The number of carbonyl (C=O) groups is 1. The summed E-state index contributed by atoms with van der Waals surface area (Å²) < 4.78 is 6.38. The van der Waals surface area contributed by atoms with E-state index in [0.29, 0.717) is 11.6 Å². The molecule has 1 fully saturated rings. The third-order valence-corrected chi connectivity index (χ3v) is 4.37. The molecule has 1 N–H and O–H groups in total. The van der Waals surface area contributed by atoms with E-state index in [1.165, 1.54) is 17.3 Å². The van der Waals surface area contributed by atoms with Gasteiger partial charge in [-0.2, -0.15) is 4.28 Å². The van der Waals surface area contributed by atoms with Crippen molar-refractivity contribution in [3.8, 4) is 0 Å². The summed E-state index contributed by atoms with van der Waals surface area (Å²) >= 11 is 4.68. The van der Waals surface area contributed by atoms with Crippen LogP contribution in [-0.2, 0) is 13.9 Å². The summed E-state index contributed by atoms with van der Waals surface area (Å²) in [5, 5.41) is 10.7. The Kier molecular flexibility index (Phi) is 7.24. The molecule has 1 saturated heterocycles. The van der Waals surface area contributed by atoms with Crippen molar-refractivity contribution in [1.82, 2.24) is 5.23 Å². The number of carboxylic acids is 1. The first kappa shape index (κ1) is 17.3.